The van der Waals surface area contributed by atoms with E-state index in [1.807, 2.05) is 24.3 Å². The monoisotopic (exact) mass is 216 g/mol. The zero-order chi connectivity index (χ0) is 10.7. The highest BCUT2D eigenvalue weighted by atomic mass is 35.5. The van der Waals surface area contributed by atoms with Crippen LogP contribution in [0.2, 0.25) is 5.15 Å². The Hall–Kier alpha value is -1.56. The summed E-state index contributed by atoms with van der Waals surface area (Å²) in [5.74, 6) is 5.79. The van der Waals surface area contributed by atoms with Crippen LogP contribution in [-0.4, -0.2) is 11.5 Å². The summed E-state index contributed by atoms with van der Waals surface area (Å²) < 4.78 is 0. The van der Waals surface area contributed by atoms with Gasteiger partial charge < -0.3 is 5.73 Å². The Kier molecular flexibility index (Phi) is 2.86. The number of aromatic nitrogens is 1. The molecule has 0 saturated heterocycles. The molecule has 74 valence electrons. The quantitative estimate of drug-likeness (QED) is 0.542. The van der Waals surface area contributed by atoms with E-state index in [0.29, 0.717) is 11.7 Å². The second-order valence-corrected chi connectivity index (χ2v) is 3.43. The third kappa shape index (κ3) is 2.27. The van der Waals surface area contributed by atoms with E-state index in [0.717, 1.165) is 16.5 Å². The zero-order valence-corrected chi connectivity index (χ0v) is 8.75. The van der Waals surface area contributed by atoms with E-state index in [2.05, 4.69) is 16.8 Å². The Morgan fingerprint density at radius 2 is 2.13 bits per heavy atom. The highest BCUT2D eigenvalue weighted by molar-refractivity contribution is 6.29. The number of hydrogen-bond donors (Lipinski definition) is 1. The van der Waals surface area contributed by atoms with Crippen molar-refractivity contribution in [1.82, 2.24) is 4.98 Å². The lowest BCUT2D eigenvalue weighted by Crippen LogP contribution is -1.93. The van der Waals surface area contributed by atoms with E-state index >= 15 is 0 Å². The summed E-state index contributed by atoms with van der Waals surface area (Å²) in [6.07, 6.45) is 0. The average Bonchev–Trinajstić information content (AvgIpc) is 2.26. The summed E-state index contributed by atoms with van der Waals surface area (Å²) in [6.45, 7) is 0.372. The molecule has 2 rings (SSSR count). The lowest BCUT2D eigenvalue weighted by Gasteiger charge is -1.98. The largest absolute Gasteiger partial charge is 0.320 e. The minimum atomic E-state index is 0.372. The summed E-state index contributed by atoms with van der Waals surface area (Å²) in [5.41, 5.74) is 7.12. The average molecular weight is 217 g/mol. The highest BCUT2D eigenvalue weighted by Gasteiger charge is 1.96. The number of benzene rings is 1. The number of fused-ring (bicyclic) bond motifs is 1. The standard InChI is InChI=1S/C12H9ClN2/c13-12-6-4-10-8-9(2-1-7-14)3-5-11(10)15-12/h3-6,8H,7,14H2. The number of rotatable bonds is 0. The van der Waals surface area contributed by atoms with Crippen molar-refractivity contribution in [3.8, 4) is 11.8 Å². The molecule has 1 aromatic heterocycles. The topological polar surface area (TPSA) is 38.9 Å². The van der Waals surface area contributed by atoms with E-state index in [1.54, 1.807) is 6.07 Å². The van der Waals surface area contributed by atoms with Crippen molar-refractivity contribution in [3.63, 3.8) is 0 Å². The van der Waals surface area contributed by atoms with Gasteiger partial charge in [0.1, 0.15) is 5.15 Å². The van der Waals surface area contributed by atoms with Crippen LogP contribution >= 0.6 is 11.6 Å². The van der Waals surface area contributed by atoms with Gasteiger partial charge in [-0.2, -0.15) is 0 Å². The molecule has 2 nitrogen and oxygen atoms in total. The van der Waals surface area contributed by atoms with Crippen molar-refractivity contribution in [3.05, 3.63) is 41.0 Å². The molecule has 0 spiro atoms. The van der Waals surface area contributed by atoms with Crippen LogP contribution in [0.15, 0.2) is 30.3 Å². The van der Waals surface area contributed by atoms with Gasteiger partial charge in [0.15, 0.2) is 0 Å². The van der Waals surface area contributed by atoms with Crippen LogP contribution in [0.4, 0.5) is 0 Å². The number of pyridine rings is 1. The predicted octanol–water partition coefficient (Wildman–Crippen LogP) is 2.20. The summed E-state index contributed by atoms with van der Waals surface area (Å²) in [7, 11) is 0. The van der Waals surface area contributed by atoms with Crippen LogP contribution in [-0.2, 0) is 0 Å². The maximum absolute atomic E-state index is 5.79. The molecular weight excluding hydrogens is 208 g/mol. The molecule has 3 heteroatoms. The number of nitrogens with zero attached hydrogens (tertiary/aromatic N) is 1. The van der Waals surface area contributed by atoms with Crippen LogP contribution in [0.3, 0.4) is 0 Å². The van der Waals surface area contributed by atoms with Gasteiger partial charge in [0.25, 0.3) is 0 Å². The van der Waals surface area contributed by atoms with Crippen LogP contribution in [0.25, 0.3) is 10.9 Å². The van der Waals surface area contributed by atoms with Crippen LogP contribution in [0.5, 0.6) is 0 Å². The van der Waals surface area contributed by atoms with Crippen molar-refractivity contribution in [1.29, 1.82) is 0 Å². The van der Waals surface area contributed by atoms with Crippen molar-refractivity contribution >= 4 is 22.5 Å². The normalized spacial score (nSPS) is 9.73. The van der Waals surface area contributed by atoms with Gasteiger partial charge in [-0.25, -0.2) is 4.98 Å². The second-order valence-electron chi connectivity index (χ2n) is 3.05. The van der Waals surface area contributed by atoms with Crippen molar-refractivity contribution in [2.24, 2.45) is 5.73 Å². The molecule has 0 aliphatic carbocycles. The number of halogens is 1. The maximum atomic E-state index is 5.79. The van der Waals surface area contributed by atoms with Gasteiger partial charge in [-0.3, -0.25) is 0 Å². The van der Waals surface area contributed by atoms with Crippen molar-refractivity contribution < 1.29 is 0 Å². The molecule has 0 fully saturated rings. The molecule has 1 aromatic carbocycles. The maximum Gasteiger partial charge on any atom is 0.129 e. The smallest absolute Gasteiger partial charge is 0.129 e. The molecule has 0 bridgehead atoms. The van der Waals surface area contributed by atoms with E-state index in [1.165, 1.54) is 0 Å². The Balaban J connectivity index is 2.52. The second kappa shape index (κ2) is 4.31. The molecule has 0 aliphatic heterocycles. The lowest BCUT2D eigenvalue weighted by molar-refractivity contribution is 1.30. The molecule has 0 saturated carbocycles. The molecule has 2 N–H and O–H groups in total. The molecule has 0 radical (unpaired) electrons. The summed E-state index contributed by atoms with van der Waals surface area (Å²) in [6, 6.07) is 9.49. The van der Waals surface area contributed by atoms with Crippen molar-refractivity contribution in [2.75, 3.05) is 6.54 Å². The first-order valence-electron chi connectivity index (χ1n) is 4.55. The number of hydrogen-bond acceptors (Lipinski definition) is 2. The first-order chi connectivity index (χ1) is 7.29. The van der Waals surface area contributed by atoms with Crippen LogP contribution < -0.4 is 5.73 Å². The van der Waals surface area contributed by atoms with E-state index in [4.69, 9.17) is 17.3 Å². The molecule has 2 aromatic rings. The van der Waals surface area contributed by atoms with Gasteiger partial charge in [0.05, 0.1) is 12.1 Å². The summed E-state index contributed by atoms with van der Waals surface area (Å²) in [4.78, 5) is 4.19. The summed E-state index contributed by atoms with van der Waals surface area (Å²) >= 11 is 5.79. The fraction of sp³-hybridized carbons (Fsp3) is 0.0833. The fourth-order valence-electron chi connectivity index (χ4n) is 1.33. The van der Waals surface area contributed by atoms with Gasteiger partial charge in [0, 0.05) is 10.9 Å². The lowest BCUT2D eigenvalue weighted by atomic mass is 10.1. The molecule has 0 aliphatic rings. The zero-order valence-electron chi connectivity index (χ0n) is 8.00. The summed E-state index contributed by atoms with van der Waals surface area (Å²) in [5, 5.41) is 1.53. The first kappa shape index (κ1) is 9.97. The van der Waals surface area contributed by atoms with Crippen LogP contribution in [0.1, 0.15) is 5.56 Å². The van der Waals surface area contributed by atoms with Gasteiger partial charge in [-0.15, -0.1) is 0 Å². The van der Waals surface area contributed by atoms with Crippen LogP contribution in [0, 0.1) is 11.8 Å². The third-order valence-corrected chi connectivity index (χ3v) is 2.20. The first-order valence-corrected chi connectivity index (χ1v) is 4.92. The minimum Gasteiger partial charge on any atom is -0.320 e. The van der Waals surface area contributed by atoms with Gasteiger partial charge in [0.2, 0.25) is 0 Å². The predicted molar refractivity (Wildman–Crippen MR) is 62.7 cm³/mol. The Morgan fingerprint density at radius 3 is 2.93 bits per heavy atom. The SMILES string of the molecule is NCC#Cc1ccc2nc(Cl)ccc2c1. The molecule has 15 heavy (non-hydrogen) atoms. The molecule has 0 amide bonds. The molecule has 1 heterocycles. The minimum absolute atomic E-state index is 0.372. The fourth-order valence-corrected chi connectivity index (χ4v) is 1.49. The Morgan fingerprint density at radius 1 is 1.27 bits per heavy atom. The van der Waals surface area contributed by atoms with Gasteiger partial charge in [-0.1, -0.05) is 23.4 Å². The molecule has 0 atom stereocenters. The number of nitrogens with two attached hydrogens (primary N) is 1. The van der Waals surface area contributed by atoms with Crippen molar-refractivity contribution in [2.45, 2.75) is 0 Å². The molecule has 0 unspecified atom stereocenters. The van der Waals surface area contributed by atoms with E-state index < -0.39 is 0 Å². The Bertz CT molecular complexity index is 552. The van der Waals surface area contributed by atoms with Gasteiger partial charge >= 0.3 is 0 Å². The Labute approximate surface area is 93.1 Å². The van der Waals surface area contributed by atoms with E-state index in [-0.39, 0.29) is 0 Å². The van der Waals surface area contributed by atoms with Gasteiger partial charge in [-0.05, 0) is 30.3 Å². The third-order valence-electron chi connectivity index (χ3n) is 1.99. The van der Waals surface area contributed by atoms with E-state index in [9.17, 15) is 0 Å². The molecular formula is C12H9ClN2. The highest BCUT2D eigenvalue weighted by Crippen LogP contribution is 2.16.